The molecule has 7 nitrogen and oxygen atoms in total. The number of methoxy groups -OCH3 is 2. The van der Waals surface area contributed by atoms with E-state index in [4.69, 9.17) is 23.9 Å². The number of hydrogen-bond acceptors (Lipinski definition) is 7. The lowest BCUT2D eigenvalue weighted by Gasteiger charge is -2.37. The molecular formula is C26H42N2O5SSi. The van der Waals surface area contributed by atoms with Gasteiger partial charge in [0.15, 0.2) is 18.2 Å². The summed E-state index contributed by atoms with van der Waals surface area (Å²) in [6, 6.07) is 7.82. The molecule has 9 heteroatoms. The van der Waals surface area contributed by atoms with E-state index >= 15 is 0 Å². The summed E-state index contributed by atoms with van der Waals surface area (Å²) in [7, 11) is -2.40. The van der Waals surface area contributed by atoms with Crippen molar-refractivity contribution in [3.63, 3.8) is 0 Å². The molecule has 0 unspecified atom stereocenters. The quantitative estimate of drug-likeness (QED) is 0.449. The predicted octanol–water partition coefficient (Wildman–Crippen LogP) is 4.98. The summed E-state index contributed by atoms with van der Waals surface area (Å²) in [4.78, 5) is 10.0. The molecule has 1 heterocycles. The van der Waals surface area contributed by atoms with Crippen LogP contribution >= 0.6 is 0 Å². The molecule has 196 valence electrons. The standard InChI is InChI=1S/C26H42N2O5SSi/c1-17(2)22-24(31-6)28-23(25(27-22)32-7)20(16-34(29,30)18-13-11-10-12-14-18)19-15-21(19)33-35(8,9)26(3,4)5/h10-14,17,19-23H,15-16H2,1-9H3/t19-,20-,21-,22-,23+/m1/s1. The minimum Gasteiger partial charge on any atom is -0.483 e. The van der Waals surface area contributed by atoms with Crippen LogP contribution in [0, 0.1) is 17.8 Å². The van der Waals surface area contributed by atoms with E-state index in [0.717, 1.165) is 6.42 Å². The Kier molecular flexibility index (Phi) is 8.23. The highest BCUT2D eigenvalue weighted by Crippen LogP contribution is 2.49. The third kappa shape index (κ3) is 6.17. The molecule has 0 amide bonds. The smallest absolute Gasteiger partial charge is 0.209 e. The Labute approximate surface area is 212 Å². The summed E-state index contributed by atoms with van der Waals surface area (Å²) in [6.45, 7) is 15.2. The van der Waals surface area contributed by atoms with Crippen LogP contribution in [0.5, 0.6) is 0 Å². The number of ether oxygens (including phenoxy) is 2. The maximum atomic E-state index is 13.5. The molecule has 5 atom stereocenters. The van der Waals surface area contributed by atoms with E-state index < -0.39 is 24.2 Å². The summed E-state index contributed by atoms with van der Waals surface area (Å²) in [5.74, 6) is 0.810. The molecule has 35 heavy (non-hydrogen) atoms. The Bertz CT molecular complexity index is 1050. The fourth-order valence-corrected chi connectivity index (χ4v) is 7.44. The Morgan fingerprint density at radius 2 is 1.54 bits per heavy atom. The summed E-state index contributed by atoms with van der Waals surface area (Å²) in [5, 5.41) is 0.0710. The van der Waals surface area contributed by atoms with Crippen molar-refractivity contribution >= 4 is 30.0 Å². The lowest BCUT2D eigenvalue weighted by atomic mass is 9.93. The van der Waals surface area contributed by atoms with Crippen LogP contribution in [0.1, 0.15) is 41.0 Å². The molecule has 1 saturated carbocycles. The van der Waals surface area contributed by atoms with Crippen LogP contribution in [-0.4, -0.2) is 66.7 Å². The van der Waals surface area contributed by atoms with Gasteiger partial charge in [-0.25, -0.2) is 18.4 Å². The van der Waals surface area contributed by atoms with Gasteiger partial charge in [-0.15, -0.1) is 0 Å². The van der Waals surface area contributed by atoms with E-state index in [1.54, 1.807) is 38.5 Å². The second-order valence-corrected chi connectivity index (χ2v) is 18.3. The normalized spacial score (nSPS) is 26.1. The molecule has 2 aliphatic rings. The second-order valence-electron chi connectivity index (χ2n) is 11.6. The van der Waals surface area contributed by atoms with Gasteiger partial charge >= 0.3 is 0 Å². The highest BCUT2D eigenvalue weighted by atomic mass is 32.2. The van der Waals surface area contributed by atoms with Crippen LogP contribution < -0.4 is 0 Å². The van der Waals surface area contributed by atoms with Gasteiger partial charge in [-0.2, -0.15) is 0 Å². The van der Waals surface area contributed by atoms with Crippen molar-refractivity contribution < 1.29 is 22.3 Å². The third-order valence-corrected chi connectivity index (χ3v) is 13.9. The number of sulfone groups is 1. The van der Waals surface area contributed by atoms with Crippen LogP contribution in [0.4, 0.5) is 0 Å². The Morgan fingerprint density at radius 1 is 1.00 bits per heavy atom. The summed E-state index contributed by atoms with van der Waals surface area (Å²) in [5.41, 5.74) is 0. The summed E-state index contributed by atoms with van der Waals surface area (Å²) >= 11 is 0. The summed E-state index contributed by atoms with van der Waals surface area (Å²) in [6.07, 6.45) is 0.814. The largest absolute Gasteiger partial charge is 0.483 e. The van der Waals surface area contributed by atoms with Gasteiger partial charge in [0.05, 0.1) is 24.9 Å². The van der Waals surface area contributed by atoms with Crippen LogP contribution in [0.15, 0.2) is 45.2 Å². The van der Waals surface area contributed by atoms with Crippen molar-refractivity contribution in [3.8, 4) is 0 Å². The Balaban J connectivity index is 1.98. The van der Waals surface area contributed by atoms with Crippen LogP contribution in [-0.2, 0) is 23.7 Å². The minimum absolute atomic E-state index is 0.00832. The SMILES string of the molecule is COC1=N[C@H](C(C)C)C(OC)=N[C@H]1[C@H](CS(=O)(=O)c1ccccc1)[C@H]1C[C@H]1O[Si](C)(C)C(C)(C)C. The van der Waals surface area contributed by atoms with Crippen LogP contribution in [0.25, 0.3) is 0 Å². The molecule has 0 saturated heterocycles. The lowest BCUT2D eigenvalue weighted by Crippen LogP contribution is -2.45. The van der Waals surface area contributed by atoms with Gasteiger partial charge in [0.1, 0.15) is 12.1 Å². The van der Waals surface area contributed by atoms with E-state index in [-0.39, 0.29) is 40.7 Å². The number of nitrogens with zero attached hydrogens (tertiary/aromatic N) is 2. The fourth-order valence-electron chi connectivity index (χ4n) is 4.35. The van der Waals surface area contributed by atoms with Crippen LogP contribution in [0.2, 0.25) is 18.1 Å². The van der Waals surface area contributed by atoms with Crippen molar-refractivity contribution in [3.05, 3.63) is 30.3 Å². The van der Waals surface area contributed by atoms with Crippen molar-refractivity contribution in [1.82, 2.24) is 0 Å². The highest BCUT2D eigenvalue weighted by molar-refractivity contribution is 7.91. The topological polar surface area (TPSA) is 86.5 Å². The first kappa shape index (κ1) is 27.9. The first-order chi connectivity index (χ1) is 16.2. The van der Waals surface area contributed by atoms with Gasteiger partial charge in [0, 0.05) is 12.0 Å². The van der Waals surface area contributed by atoms with E-state index in [1.165, 1.54) is 0 Å². The number of benzene rings is 1. The lowest BCUT2D eigenvalue weighted by molar-refractivity contribution is 0.233. The fraction of sp³-hybridized carbons (Fsp3) is 0.692. The minimum atomic E-state index is -3.56. The van der Waals surface area contributed by atoms with Crippen molar-refractivity contribution in [1.29, 1.82) is 0 Å². The molecule has 0 N–H and O–H groups in total. The van der Waals surface area contributed by atoms with Gasteiger partial charge in [0.25, 0.3) is 0 Å². The zero-order valence-electron chi connectivity index (χ0n) is 22.6. The Morgan fingerprint density at radius 3 is 2.06 bits per heavy atom. The van der Waals surface area contributed by atoms with Gasteiger partial charge in [-0.05, 0) is 48.5 Å². The first-order valence-electron chi connectivity index (χ1n) is 12.4. The van der Waals surface area contributed by atoms with Gasteiger partial charge in [-0.3, -0.25) is 0 Å². The third-order valence-electron chi connectivity index (χ3n) is 7.59. The maximum Gasteiger partial charge on any atom is 0.209 e. The zero-order chi connectivity index (χ0) is 26.2. The molecule has 0 aromatic heterocycles. The van der Waals surface area contributed by atoms with Gasteiger partial charge in [-0.1, -0.05) is 52.8 Å². The number of aliphatic imine (C=N–C) groups is 2. The van der Waals surface area contributed by atoms with Crippen molar-refractivity contribution in [2.75, 3.05) is 20.0 Å². The van der Waals surface area contributed by atoms with Gasteiger partial charge < -0.3 is 13.9 Å². The molecule has 1 aliphatic heterocycles. The van der Waals surface area contributed by atoms with Crippen molar-refractivity contribution in [2.45, 2.75) is 82.3 Å². The molecule has 1 fully saturated rings. The monoisotopic (exact) mass is 522 g/mol. The van der Waals surface area contributed by atoms with E-state index in [1.807, 2.05) is 6.07 Å². The average Bonchev–Trinajstić information content (AvgIpc) is 3.54. The molecule has 1 aromatic carbocycles. The van der Waals surface area contributed by atoms with Crippen LogP contribution in [0.3, 0.4) is 0 Å². The number of hydrogen-bond donors (Lipinski definition) is 0. The second kappa shape index (κ2) is 10.3. The molecule has 1 aliphatic carbocycles. The van der Waals surface area contributed by atoms with E-state index in [9.17, 15) is 8.42 Å². The van der Waals surface area contributed by atoms with E-state index in [2.05, 4.69) is 47.7 Å². The van der Waals surface area contributed by atoms with Crippen molar-refractivity contribution in [2.24, 2.45) is 27.7 Å². The zero-order valence-corrected chi connectivity index (χ0v) is 24.4. The van der Waals surface area contributed by atoms with Gasteiger partial charge in [0.2, 0.25) is 11.8 Å². The molecule has 0 radical (unpaired) electrons. The maximum absolute atomic E-state index is 13.5. The van der Waals surface area contributed by atoms with E-state index in [0.29, 0.717) is 16.7 Å². The Hall–Kier alpha value is -1.71. The molecule has 3 rings (SSSR count). The average molecular weight is 523 g/mol. The highest BCUT2D eigenvalue weighted by Gasteiger charge is 2.54. The predicted molar refractivity (Wildman–Crippen MR) is 143 cm³/mol. The molecule has 1 aromatic rings. The molecular weight excluding hydrogens is 480 g/mol. The number of rotatable bonds is 8. The molecule has 0 bridgehead atoms. The summed E-state index contributed by atoms with van der Waals surface area (Å²) < 4.78 is 45.0. The first-order valence-corrected chi connectivity index (χ1v) is 17.0. The molecule has 0 spiro atoms.